The molecule has 4 saturated heterocycles. The van der Waals surface area contributed by atoms with Gasteiger partial charge in [0.25, 0.3) is 0 Å². The average molecular weight is 321 g/mol. The van der Waals surface area contributed by atoms with E-state index in [0.717, 1.165) is 17.9 Å². The highest BCUT2D eigenvalue weighted by molar-refractivity contribution is 5.00. The zero-order valence-electron chi connectivity index (χ0n) is 15.0. The number of nitrogens with zero attached hydrogens (tertiary/aromatic N) is 2. The van der Waals surface area contributed by atoms with Crippen LogP contribution in [0.5, 0.6) is 0 Å². The van der Waals surface area contributed by atoms with Crippen molar-refractivity contribution in [3.8, 4) is 0 Å². The first kappa shape index (κ1) is 16.3. The molecule has 4 nitrogen and oxygen atoms in total. The Kier molecular flexibility index (Phi) is 4.96. The smallest absolute Gasteiger partial charge is 0.0261 e. The first-order valence-electron chi connectivity index (χ1n) is 10.1. The molecule has 4 heteroatoms. The minimum absolute atomic E-state index is 0.613. The van der Waals surface area contributed by atoms with E-state index in [1.807, 2.05) is 0 Å². The lowest BCUT2D eigenvalue weighted by Crippen LogP contribution is -2.54. The number of rotatable bonds is 3. The Bertz CT molecular complexity index is 393. The van der Waals surface area contributed by atoms with Crippen LogP contribution in [0.25, 0.3) is 0 Å². The van der Waals surface area contributed by atoms with E-state index in [9.17, 15) is 0 Å². The molecule has 1 spiro atoms. The molecule has 4 rings (SSSR count). The van der Waals surface area contributed by atoms with Crippen molar-refractivity contribution >= 4 is 0 Å². The molecule has 23 heavy (non-hydrogen) atoms. The van der Waals surface area contributed by atoms with Gasteiger partial charge in [-0.15, -0.1) is 0 Å². The van der Waals surface area contributed by atoms with Crippen LogP contribution in [0.1, 0.15) is 39.0 Å². The van der Waals surface area contributed by atoms with Gasteiger partial charge in [-0.25, -0.2) is 0 Å². The first-order valence-corrected chi connectivity index (χ1v) is 10.1. The number of nitrogens with one attached hydrogen (secondary N) is 2. The summed E-state index contributed by atoms with van der Waals surface area (Å²) in [5.74, 6) is 1.79. The summed E-state index contributed by atoms with van der Waals surface area (Å²) >= 11 is 0. The molecule has 0 aromatic rings. The molecule has 4 aliphatic heterocycles. The van der Waals surface area contributed by atoms with Gasteiger partial charge in [0, 0.05) is 38.8 Å². The SMILES string of the molecule is CC1CCCN(CC2CCNCC2N2CCC3(CCNC3)C2)C1. The van der Waals surface area contributed by atoms with Gasteiger partial charge < -0.3 is 15.5 Å². The van der Waals surface area contributed by atoms with Crippen molar-refractivity contribution in [1.29, 1.82) is 0 Å². The average Bonchev–Trinajstić information content (AvgIpc) is 3.18. The Morgan fingerprint density at radius 2 is 2.04 bits per heavy atom. The van der Waals surface area contributed by atoms with Gasteiger partial charge in [0.05, 0.1) is 0 Å². The van der Waals surface area contributed by atoms with Gasteiger partial charge >= 0.3 is 0 Å². The molecule has 0 amide bonds. The van der Waals surface area contributed by atoms with Crippen molar-refractivity contribution in [2.24, 2.45) is 17.3 Å². The minimum atomic E-state index is 0.613. The first-order chi connectivity index (χ1) is 11.2. The minimum Gasteiger partial charge on any atom is -0.316 e. The van der Waals surface area contributed by atoms with E-state index < -0.39 is 0 Å². The van der Waals surface area contributed by atoms with Crippen LogP contribution in [0, 0.1) is 17.3 Å². The van der Waals surface area contributed by atoms with Gasteiger partial charge in [0.15, 0.2) is 0 Å². The molecular formula is C19H36N4. The van der Waals surface area contributed by atoms with Gasteiger partial charge in [-0.3, -0.25) is 4.90 Å². The van der Waals surface area contributed by atoms with Crippen molar-refractivity contribution in [2.75, 3.05) is 58.9 Å². The maximum Gasteiger partial charge on any atom is 0.0261 e. The molecule has 0 bridgehead atoms. The Morgan fingerprint density at radius 1 is 1.09 bits per heavy atom. The van der Waals surface area contributed by atoms with E-state index in [-0.39, 0.29) is 0 Å². The standard InChI is InChI=1S/C19H36N4/c1-16-3-2-9-22(12-16)13-17-4-7-20-11-18(17)23-10-6-19(15-23)5-8-21-14-19/h16-18,20-21H,2-15H2,1H3. The van der Waals surface area contributed by atoms with Crippen molar-refractivity contribution in [3.63, 3.8) is 0 Å². The summed E-state index contributed by atoms with van der Waals surface area (Å²) in [5, 5.41) is 7.30. The Hall–Kier alpha value is -0.160. The Balaban J connectivity index is 1.37. The molecular weight excluding hydrogens is 284 g/mol. The van der Waals surface area contributed by atoms with Crippen LogP contribution < -0.4 is 10.6 Å². The second-order valence-corrected chi connectivity index (χ2v) is 8.97. The summed E-state index contributed by atoms with van der Waals surface area (Å²) in [4.78, 5) is 5.64. The highest BCUT2D eigenvalue weighted by Gasteiger charge is 2.44. The second kappa shape index (κ2) is 6.99. The number of hydrogen-bond donors (Lipinski definition) is 2. The fraction of sp³-hybridized carbons (Fsp3) is 1.00. The summed E-state index contributed by atoms with van der Waals surface area (Å²) in [6.45, 7) is 14.1. The van der Waals surface area contributed by atoms with Crippen LogP contribution in [0.3, 0.4) is 0 Å². The van der Waals surface area contributed by atoms with E-state index in [0.29, 0.717) is 5.41 Å². The molecule has 4 unspecified atom stereocenters. The zero-order chi connectivity index (χ0) is 15.7. The van der Waals surface area contributed by atoms with E-state index in [4.69, 9.17) is 0 Å². The fourth-order valence-corrected chi connectivity index (χ4v) is 5.72. The van der Waals surface area contributed by atoms with Crippen molar-refractivity contribution < 1.29 is 0 Å². The van der Waals surface area contributed by atoms with Crippen molar-refractivity contribution in [1.82, 2.24) is 20.4 Å². The topological polar surface area (TPSA) is 30.5 Å². The summed E-state index contributed by atoms with van der Waals surface area (Å²) in [6, 6.07) is 0.779. The van der Waals surface area contributed by atoms with Crippen LogP contribution in [0.15, 0.2) is 0 Å². The van der Waals surface area contributed by atoms with E-state index in [1.54, 1.807) is 0 Å². The van der Waals surface area contributed by atoms with Gasteiger partial charge in [-0.05, 0) is 75.5 Å². The summed E-state index contributed by atoms with van der Waals surface area (Å²) in [7, 11) is 0. The number of piperidine rings is 2. The highest BCUT2D eigenvalue weighted by atomic mass is 15.2. The van der Waals surface area contributed by atoms with Gasteiger partial charge in [0.1, 0.15) is 0 Å². The lowest BCUT2D eigenvalue weighted by Gasteiger charge is -2.42. The normalized spacial score (nSPS) is 43.4. The molecule has 0 saturated carbocycles. The van der Waals surface area contributed by atoms with Crippen molar-refractivity contribution in [2.45, 2.75) is 45.1 Å². The predicted molar refractivity (Wildman–Crippen MR) is 95.7 cm³/mol. The molecule has 0 radical (unpaired) electrons. The van der Waals surface area contributed by atoms with E-state index in [1.165, 1.54) is 91.0 Å². The lowest BCUT2D eigenvalue weighted by molar-refractivity contribution is 0.0789. The Labute approximate surface area is 142 Å². The van der Waals surface area contributed by atoms with Gasteiger partial charge in [-0.1, -0.05) is 6.92 Å². The third-order valence-corrected chi connectivity index (χ3v) is 7.09. The van der Waals surface area contributed by atoms with Gasteiger partial charge in [0.2, 0.25) is 0 Å². The molecule has 4 aliphatic rings. The summed E-state index contributed by atoms with van der Waals surface area (Å²) in [5.41, 5.74) is 0.613. The highest BCUT2D eigenvalue weighted by Crippen LogP contribution is 2.38. The third kappa shape index (κ3) is 3.60. The quantitative estimate of drug-likeness (QED) is 0.822. The van der Waals surface area contributed by atoms with Gasteiger partial charge in [-0.2, -0.15) is 0 Å². The molecule has 0 aromatic heterocycles. The van der Waals surface area contributed by atoms with Crippen LogP contribution >= 0.6 is 0 Å². The summed E-state index contributed by atoms with van der Waals surface area (Å²) < 4.78 is 0. The maximum absolute atomic E-state index is 3.69. The molecule has 4 heterocycles. The molecule has 4 atom stereocenters. The van der Waals surface area contributed by atoms with Crippen LogP contribution in [-0.4, -0.2) is 74.7 Å². The number of likely N-dealkylation sites (tertiary alicyclic amines) is 2. The molecule has 0 aromatic carbocycles. The predicted octanol–water partition coefficient (Wildman–Crippen LogP) is 1.38. The zero-order valence-corrected chi connectivity index (χ0v) is 15.0. The molecule has 0 aliphatic carbocycles. The lowest BCUT2D eigenvalue weighted by atomic mass is 9.86. The third-order valence-electron chi connectivity index (χ3n) is 7.09. The van der Waals surface area contributed by atoms with Crippen molar-refractivity contribution in [3.05, 3.63) is 0 Å². The molecule has 2 N–H and O–H groups in total. The molecule has 4 fully saturated rings. The van der Waals surface area contributed by atoms with Crippen LogP contribution in [0.4, 0.5) is 0 Å². The van der Waals surface area contributed by atoms with E-state index >= 15 is 0 Å². The summed E-state index contributed by atoms with van der Waals surface area (Å²) in [6.07, 6.45) is 7.04. The molecule has 132 valence electrons. The largest absolute Gasteiger partial charge is 0.316 e. The monoisotopic (exact) mass is 320 g/mol. The second-order valence-electron chi connectivity index (χ2n) is 8.97. The number of hydrogen-bond acceptors (Lipinski definition) is 4. The maximum atomic E-state index is 3.69. The Morgan fingerprint density at radius 3 is 2.87 bits per heavy atom. The fourth-order valence-electron chi connectivity index (χ4n) is 5.72. The van der Waals surface area contributed by atoms with Crippen LogP contribution in [-0.2, 0) is 0 Å². The van der Waals surface area contributed by atoms with Crippen LogP contribution in [0.2, 0.25) is 0 Å². The van der Waals surface area contributed by atoms with E-state index in [2.05, 4.69) is 27.4 Å².